The lowest BCUT2D eigenvalue weighted by Gasteiger charge is -2.27. The summed E-state index contributed by atoms with van der Waals surface area (Å²) in [7, 11) is 0. The van der Waals surface area contributed by atoms with Crippen LogP contribution in [-0.4, -0.2) is 36.4 Å². The Bertz CT molecular complexity index is 185. The first-order valence-electron chi connectivity index (χ1n) is 4.60. The Labute approximate surface area is 78.3 Å². The van der Waals surface area contributed by atoms with Gasteiger partial charge in [-0.2, -0.15) is 0 Å². The first kappa shape index (κ1) is 10.5. The number of hydrogen-bond acceptors (Lipinski definition) is 3. The van der Waals surface area contributed by atoms with Gasteiger partial charge in [-0.15, -0.1) is 0 Å². The van der Waals surface area contributed by atoms with Gasteiger partial charge in [0.2, 0.25) is 5.91 Å². The third-order valence-corrected chi connectivity index (χ3v) is 2.32. The second-order valence-corrected chi connectivity index (χ2v) is 3.88. The zero-order valence-electron chi connectivity index (χ0n) is 8.17. The fraction of sp³-hybridized carbons (Fsp3) is 0.889. The molecule has 4 nitrogen and oxygen atoms in total. The largest absolute Gasteiger partial charge is 0.394 e. The van der Waals surface area contributed by atoms with Crippen LogP contribution in [0.3, 0.4) is 0 Å². The van der Waals surface area contributed by atoms with E-state index in [4.69, 9.17) is 9.84 Å². The molecule has 0 aromatic rings. The predicted molar refractivity (Wildman–Crippen MR) is 48.2 cm³/mol. The lowest BCUT2D eigenvalue weighted by atomic mass is 9.99. The number of rotatable bonds is 3. The van der Waals surface area contributed by atoms with Crippen molar-refractivity contribution in [2.75, 3.05) is 19.8 Å². The molecule has 1 unspecified atom stereocenters. The summed E-state index contributed by atoms with van der Waals surface area (Å²) in [5, 5.41) is 12.0. The Morgan fingerprint density at radius 3 is 2.77 bits per heavy atom. The minimum absolute atomic E-state index is 0.0282. The summed E-state index contributed by atoms with van der Waals surface area (Å²) in [6.07, 6.45) is 0.696. The fourth-order valence-electron chi connectivity index (χ4n) is 1.28. The van der Waals surface area contributed by atoms with Crippen molar-refractivity contribution in [1.29, 1.82) is 0 Å². The SMILES string of the molecule is CC(C)C(=O)NC1(CO)CCOC1. The predicted octanol–water partition coefficient (Wildman–Crippen LogP) is -0.0900. The van der Waals surface area contributed by atoms with E-state index < -0.39 is 5.54 Å². The maximum absolute atomic E-state index is 11.4. The summed E-state index contributed by atoms with van der Waals surface area (Å²) >= 11 is 0. The van der Waals surface area contributed by atoms with E-state index in [1.54, 1.807) is 0 Å². The van der Waals surface area contributed by atoms with Crippen LogP contribution in [-0.2, 0) is 9.53 Å². The number of carbonyl (C=O) groups is 1. The molecule has 2 N–H and O–H groups in total. The molecular formula is C9H17NO3. The molecule has 0 spiro atoms. The highest BCUT2D eigenvalue weighted by Crippen LogP contribution is 2.18. The molecule has 1 heterocycles. The van der Waals surface area contributed by atoms with Gasteiger partial charge in [0.25, 0.3) is 0 Å². The van der Waals surface area contributed by atoms with E-state index in [1.165, 1.54) is 0 Å². The highest BCUT2D eigenvalue weighted by atomic mass is 16.5. The minimum Gasteiger partial charge on any atom is -0.394 e. The molecule has 76 valence electrons. The lowest BCUT2D eigenvalue weighted by molar-refractivity contribution is -0.126. The monoisotopic (exact) mass is 187 g/mol. The summed E-state index contributed by atoms with van der Waals surface area (Å²) in [6, 6.07) is 0. The molecule has 0 aromatic heterocycles. The molecule has 0 saturated carbocycles. The highest BCUT2D eigenvalue weighted by Gasteiger charge is 2.36. The summed E-state index contributed by atoms with van der Waals surface area (Å²) in [5.74, 6) is -0.0800. The first-order chi connectivity index (χ1) is 6.09. The third-order valence-electron chi connectivity index (χ3n) is 2.32. The molecule has 0 aliphatic carbocycles. The van der Waals surface area contributed by atoms with E-state index in [0.717, 1.165) is 0 Å². The molecular weight excluding hydrogens is 170 g/mol. The van der Waals surface area contributed by atoms with Crippen LogP contribution in [0.2, 0.25) is 0 Å². The second-order valence-electron chi connectivity index (χ2n) is 3.88. The van der Waals surface area contributed by atoms with Crippen molar-refractivity contribution in [3.05, 3.63) is 0 Å². The Morgan fingerprint density at radius 1 is 1.69 bits per heavy atom. The number of aliphatic hydroxyl groups excluding tert-OH is 1. The molecule has 1 fully saturated rings. The average molecular weight is 187 g/mol. The van der Waals surface area contributed by atoms with Gasteiger partial charge in [0.15, 0.2) is 0 Å². The number of aliphatic hydroxyl groups is 1. The van der Waals surface area contributed by atoms with Crippen LogP contribution >= 0.6 is 0 Å². The van der Waals surface area contributed by atoms with Crippen LogP contribution < -0.4 is 5.32 Å². The zero-order chi connectivity index (χ0) is 9.90. The Hall–Kier alpha value is -0.610. The van der Waals surface area contributed by atoms with Gasteiger partial charge in [0.05, 0.1) is 18.8 Å². The lowest BCUT2D eigenvalue weighted by Crippen LogP contribution is -2.53. The van der Waals surface area contributed by atoms with Crippen LogP contribution in [0.1, 0.15) is 20.3 Å². The summed E-state index contributed by atoms with van der Waals surface area (Å²) in [6.45, 7) is 4.64. The maximum Gasteiger partial charge on any atom is 0.223 e. The molecule has 4 heteroatoms. The van der Waals surface area contributed by atoms with Crippen molar-refractivity contribution in [2.45, 2.75) is 25.8 Å². The molecule has 0 aromatic carbocycles. The minimum atomic E-state index is -0.526. The smallest absolute Gasteiger partial charge is 0.223 e. The van der Waals surface area contributed by atoms with Crippen molar-refractivity contribution in [1.82, 2.24) is 5.32 Å². The van der Waals surface area contributed by atoms with Crippen molar-refractivity contribution in [3.8, 4) is 0 Å². The molecule has 1 atom stereocenters. The van der Waals surface area contributed by atoms with Gasteiger partial charge in [-0.1, -0.05) is 13.8 Å². The van der Waals surface area contributed by atoms with Gasteiger partial charge < -0.3 is 15.2 Å². The molecule has 0 radical (unpaired) electrons. The fourth-order valence-corrected chi connectivity index (χ4v) is 1.28. The Kier molecular flexibility index (Phi) is 3.27. The van der Waals surface area contributed by atoms with Gasteiger partial charge in [-0.25, -0.2) is 0 Å². The van der Waals surface area contributed by atoms with Gasteiger partial charge in [-0.05, 0) is 6.42 Å². The van der Waals surface area contributed by atoms with Crippen LogP contribution in [0.4, 0.5) is 0 Å². The van der Waals surface area contributed by atoms with Crippen molar-refractivity contribution < 1.29 is 14.6 Å². The summed E-state index contributed by atoms with van der Waals surface area (Å²) < 4.78 is 5.16. The second kappa shape index (κ2) is 4.07. The first-order valence-corrected chi connectivity index (χ1v) is 4.60. The van der Waals surface area contributed by atoms with Crippen molar-refractivity contribution in [3.63, 3.8) is 0 Å². The van der Waals surface area contributed by atoms with Gasteiger partial charge in [-0.3, -0.25) is 4.79 Å². The Morgan fingerprint density at radius 2 is 2.38 bits per heavy atom. The van der Waals surface area contributed by atoms with Crippen LogP contribution in [0, 0.1) is 5.92 Å². The molecule has 1 saturated heterocycles. The maximum atomic E-state index is 11.4. The van der Waals surface area contributed by atoms with E-state index in [-0.39, 0.29) is 18.4 Å². The Balaban J connectivity index is 2.53. The quantitative estimate of drug-likeness (QED) is 0.649. The molecule has 0 bridgehead atoms. The van der Waals surface area contributed by atoms with Gasteiger partial charge in [0, 0.05) is 12.5 Å². The summed E-state index contributed by atoms with van der Waals surface area (Å²) in [5.41, 5.74) is -0.526. The van der Waals surface area contributed by atoms with Crippen LogP contribution in [0.15, 0.2) is 0 Å². The third kappa shape index (κ3) is 2.42. The van der Waals surface area contributed by atoms with Crippen LogP contribution in [0.25, 0.3) is 0 Å². The summed E-state index contributed by atoms with van der Waals surface area (Å²) in [4.78, 5) is 11.4. The topological polar surface area (TPSA) is 58.6 Å². The van der Waals surface area contributed by atoms with Gasteiger partial charge >= 0.3 is 0 Å². The number of nitrogens with one attached hydrogen (secondary N) is 1. The normalized spacial score (nSPS) is 28.0. The number of hydrogen-bond donors (Lipinski definition) is 2. The van der Waals surface area contributed by atoms with E-state index in [0.29, 0.717) is 19.6 Å². The van der Waals surface area contributed by atoms with Crippen LogP contribution in [0.5, 0.6) is 0 Å². The van der Waals surface area contributed by atoms with E-state index in [9.17, 15) is 4.79 Å². The van der Waals surface area contributed by atoms with Crippen molar-refractivity contribution in [2.24, 2.45) is 5.92 Å². The highest BCUT2D eigenvalue weighted by molar-refractivity contribution is 5.78. The molecule has 13 heavy (non-hydrogen) atoms. The standard InChI is InChI=1S/C9H17NO3/c1-7(2)8(12)10-9(5-11)3-4-13-6-9/h7,11H,3-6H2,1-2H3,(H,10,12). The molecule has 1 aliphatic heterocycles. The zero-order valence-corrected chi connectivity index (χ0v) is 8.17. The number of carbonyl (C=O) groups excluding carboxylic acids is 1. The molecule has 1 aliphatic rings. The van der Waals surface area contributed by atoms with E-state index in [2.05, 4.69) is 5.32 Å². The van der Waals surface area contributed by atoms with Crippen molar-refractivity contribution >= 4 is 5.91 Å². The molecule has 1 rings (SSSR count). The average Bonchev–Trinajstić information content (AvgIpc) is 2.54. The number of ether oxygens (including phenoxy) is 1. The van der Waals surface area contributed by atoms with Gasteiger partial charge in [0.1, 0.15) is 0 Å². The number of amides is 1. The van der Waals surface area contributed by atoms with E-state index >= 15 is 0 Å². The van der Waals surface area contributed by atoms with E-state index in [1.807, 2.05) is 13.8 Å². The molecule has 1 amide bonds.